The zero-order valence-corrected chi connectivity index (χ0v) is 16.0. The van der Waals surface area contributed by atoms with Crippen LogP contribution in [0.5, 0.6) is 23.0 Å². The number of carboxylic acid groups (broad SMARTS) is 1. The van der Waals surface area contributed by atoms with Gasteiger partial charge in [0.2, 0.25) is 5.75 Å². The van der Waals surface area contributed by atoms with E-state index in [1.54, 1.807) is 0 Å². The maximum atomic E-state index is 11.7. The minimum absolute atomic E-state index is 0.0639. The third-order valence-electron chi connectivity index (χ3n) is 4.24. The number of aliphatic carboxylic acids is 1. The number of benzene rings is 3. The van der Waals surface area contributed by atoms with E-state index >= 15 is 0 Å². The summed E-state index contributed by atoms with van der Waals surface area (Å²) in [6.07, 6.45) is 0. The van der Waals surface area contributed by atoms with Gasteiger partial charge in [-0.15, -0.1) is 0 Å². The molecule has 150 valence electrons. The number of methoxy groups -OCH3 is 2. The van der Waals surface area contributed by atoms with E-state index in [2.05, 4.69) is 0 Å². The fourth-order valence-corrected chi connectivity index (χ4v) is 2.84. The Morgan fingerprint density at radius 1 is 0.828 bits per heavy atom. The number of fused-ring (bicyclic) bond motifs is 1. The van der Waals surface area contributed by atoms with Gasteiger partial charge in [0.15, 0.2) is 11.5 Å². The number of carbonyl (C=O) groups is 2. The molecule has 0 fully saturated rings. The first-order valence-electron chi connectivity index (χ1n) is 8.81. The fourth-order valence-electron chi connectivity index (χ4n) is 2.84. The predicted octanol–water partition coefficient (Wildman–Crippen LogP) is 3.58. The molecule has 0 saturated carbocycles. The van der Waals surface area contributed by atoms with Crippen LogP contribution < -0.4 is 18.9 Å². The Bertz CT molecular complexity index is 1020. The number of carboxylic acids is 1. The minimum atomic E-state index is -1.56. The second kappa shape index (κ2) is 8.97. The van der Waals surface area contributed by atoms with Crippen LogP contribution in [-0.4, -0.2) is 44.3 Å². The largest absolute Gasteiger partial charge is 0.493 e. The highest BCUT2D eigenvalue weighted by molar-refractivity contribution is 6.40. The molecule has 0 atom stereocenters. The predicted molar refractivity (Wildman–Crippen MR) is 106 cm³/mol. The van der Waals surface area contributed by atoms with Crippen molar-refractivity contribution >= 4 is 22.5 Å². The maximum Gasteiger partial charge on any atom is 0.377 e. The van der Waals surface area contributed by atoms with E-state index in [1.165, 1.54) is 26.4 Å². The molecule has 7 heteroatoms. The number of hydrogen-bond donors (Lipinski definition) is 1. The summed E-state index contributed by atoms with van der Waals surface area (Å²) in [6.45, 7) is 0.451. The third kappa shape index (κ3) is 4.57. The lowest BCUT2D eigenvalue weighted by Gasteiger charge is -2.16. The fraction of sp³-hybridized carbons (Fsp3) is 0.182. The van der Waals surface area contributed by atoms with E-state index in [4.69, 9.17) is 24.1 Å². The molecule has 7 nitrogen and oxygen atoms in total. The van der Waals surface area contributed by atoms with Crippen LogP contribution in [0.25, 0.3) is 10.8 Å². The molecule has 0 unspecified atom stereocenters. The molecule has 0 aliphatic rings. The Labute approximate surface area is 167 Å². The van der Waals surface area contributed by atoms with Crippen LogP contribution in [-0.2, 0) is 4.79 Å². The lowest BCUT2D eigenvalue weighted by molar-refractivity contribution is -0.131. The second-order valence-electron chi connectivity index (χ2n) is 6.05. The van der Waals surface area contributed by atoms with Gasteiger partial charge in [-0.2, -0.15) is 0 Å². The van der Waals surface area contributed by atoms with Gasteiger partial charge < -0.3 is 24.1 Å². The molecular weight excluding hydrogens is 376 g/mol. The SMILES string of the molecule is COc1cc(C(=O)C(=O)O)cc(OC)c1OCCOc1ccc2ccccc2c1. The highest BCUT2D eigenvalue weighted by Gasteiger charge is 2.21. The number of ether oxygens (including phenoxy) is 4. The van der Waals surface area contributed by atoms with Crippen LogP contribution in [0.1, 0.15) is 10.4 Å². The topological polar surface area (TPSA) is 91.3 Å². The Kier molecular flexibility index (Phi) is 6.19. The first-order chi connectivity index (χ1) is 14.0. The van der Waals surface area contributed by atoms with Gasteiger partial charge in [-0.25, -0.2) is 4.79 Å². The monoisotopic (exact) mass is 396 g/mol. The molecule has 3 aromatic rings. The molecule has 3 rings (SSSR count). The molecule has 0 aromatic heterocycles. The summed E-state index contributed by atoms with van der Waals surface area (Å²) >= 11 is 0. The maximum absolute atomic E-state index is 11.7. The van der Waals surface area contributed by atoms with E-state index in [0.717, 1.165) is 10.8 Å². The Morgan fingerprint density at radius 3 is 2.07 bits per heavy atom. The van der Waals surface area contributed by atoms with Gasteiger partial charge in [0, 0.05) is 5.56 Å². The van der Waals surface area contributed by atoms with Crippen molar-refractivity contribution in [1.82, 2.24) is 0 Å². The first kappa shape index (κ1) is 20.0. The van der Waals surface area contributed by atoms with Crippen molar-refractivity contribution in [2.75, 3.05) is 27.4 Å². The van der Waals surface area contributed by atoms with Gasteiger partial charge in [-0.3, -0.25) is 4.79 Å². The lowest BCUT2D eigenvalue weighted by atomic mass is 10.1. The minimum Gasteiger partial charge on any atom is -0.493 e. The summed E-state index contributed by atoms with van der Waals surface area (Å²) in [5.41, 5.74) is -0.0639. The third-order valence-corrected chi connectivity index (χ3v) is 4.24. The number of Topliss-reactive ketones (excluding diaryl/α,β-unsaturated/α-hetero) is 1. The zero-order chi connectivity index (χ0) is 20.8. The quantitative estimate of drug-likeness (QED) is 0.336. The van der Waals surface area contributed by atoms with Crippen LogP contribution in [0, 0.1) is 0 Å². The van der Waals surface area contributed by atoms with Crippen LogP contribution in [0.2, 0.25) is 0 Å². The van der Waals surface area contributed by atoms with E-state index in [9.17, 15) is 9.59 Å². The van der Waals surface area contributed by atoms with Gasteiger partial charge in [-0.1, -0.05) is 30.3 Å². The standard InChI is InChI=1S/C22H20O7/c1-26-18-12-16(20(23)22(24)25)13-19(27-2)21(18)29-10-9-28-17-8-7-14-5-3-4-6-15(14)11-17/h3-8,11-13H,9-10H2,1-2H3,(H,24,25). The summed E-state index contributed by atoms with van der Waals surface area (Å²) in [4.78, 5) is 22.7. The molecular formula is C22H20O7. The summed E-state index contributed by atoms with van der Waals surface area (Å²) in [5, 5.41) is 11.1. The molecule has 0 heterocycles. The summed E-state index contributed by atoms with van der Waals surface area (Å²) < 4.78 is 21.9. The summed E-state index contributed by atoms with van der Waals surface area (Å²) in [5.74, 6) is -1.26. The van der Waals surface area contributed by atoms with Gasteiger partial charge in [0.05, 0.1) is 14.2 Å². The van der Waals surface area contributed by atoms with E-state index < -0.39 is 11.8 Å². The van der Waals surface area contributed by atoms with Crippen molar-refractivity contribution in [2.45, 2.75) is 0 Å². The number of rotatable bonds is 9. The van der Waals surface area contributed by atoms with Gasteiger partial charge in [-0.05, 0) is 35.0 Å². The summed E-state index contributed by atoms with van der Waals surface area (Å²) in [7, 11) is 2.78. The summed E-state index contributed by atoms with van der Waals surface area (Å²) in [6, 6.07) is 16.4. The van der Waals surface area contributed by atoms with Crippen molar-refractivity contribution in [3.8, 4) is 23.0 Å². The average Bonchev–Trinajstić information content (AvgIpc) is 2.75. The highest BCUT2D eigenvalue weighted by atomic mass is 16.6. The van der Waals surface area contributed by atoms with Crippen LogP contribution in [0.15, 0.2) is 54.6 Å². The number of carbonyl (C=O) groups excluding carboxylic acids is 1. The van der Waals surface area contributed by atoms with E-state index in [1.807, 2.05) is 42.5 Å². The molecule has 0 radical (unpaired) electrons. The molecule has 0 aliphatic heterocycles. The van der Waals surface area contributed by atoms with Gasteiger partial charge in [0.1, 0.15) is 19.0 Å². The molecule has 1 N–H and O–H groups in total. The van der Waals surface area contributed by atoms with Crippen molar-refractivity contribution in [3.63, 3.8) is 0 Å². The van der Waals surface area contributed by atoms with Crippen LogP contribution >= 0.6 is 0 Å². The zero-order valence-electron chi connectivity index (χ0n) is 16.0. The van der Waals surface area contributed by atoms with Crippen LogP contribution in [0.3, 0.4) is 0 Å². The molecule has 0 spiro atoms. The Morgan fingerprint density at radius 2 is 1.45 bits per heavy atom. The van der Waals surface area contributed by atoms with Crippen LogP contribution in [0.4, 0.5) is 0 Å². The van der Waals surface area contributed by atoms with Crippen molar-refractivity contribution in [1.29, 1.82) is 0 Å². The Balaban J connectivity index is 1.68. The van der Waals surface area contributed by atoms with E-state index in [0.29, 0.717) is 5.75 Å². The molecule has 0 saturated heterocycles. The number of hydrogen-bond acceptors (Lipinski definition) is 6. The van der Waals surface area contributed by atoms with Crippen molar-refractivity contribution < 1.29 is 33.6 Å². The Hall–Kier alpha value is -3.74. The smallest absolute Gasteiger partial charge is 0.377 e. The van der Waals surface area contributed by atoms with Crippen molar-refractivity contribution in [3.05, 3.63) is 60.2 Å². The number of ketones is 1. The molecule has 29 heavy (non-hydrogen) atoms. The normalized spacial score (nSPS) is 10.4. The molecule has 3 aromatic carbocycles. The first-order valence-corrected chi connectivity index (χ1v) is 8.81. The van der Waals surface area contributed by atoms with Gasteiger partial charge >= 0.3 is 5.97 Å². The molecule has 0 aliphatic carbocycles. The van der Waals surface area contributed by atoms with Gasteiger partial charge in [0.25, 0.3) is 5.78 Å². The average molecular weight is 396 g/mol. The molecule has 0 amide bonds. The lowest BCUT2D eigenvalue weighted by Crippen LogP contribution is -2.14. The highest BCUT2D eigenvalue weighted by Crippen LogP contribution is 2.38. The van der Waals surface area contributed by atoms with E-state index in [-0.39, 0.29) is 36.0 Å². The molecule has 0 bridgehead atoms. The van der Waals surface area contributed by atoms with Crippen molar-refractivity contribution in [2.24, 2.45) is 0 Å². The second-order valence-corrected chi connectivity index (χ2v) is 6.05.